The minimum atomic E-state index is 0.757. The molecule has 0 bridgehead atoms. The predicted molar refractivity (Wildman–Crippen MR) is 77.0 cm³/mol. The standard InChI is InChI=1S/C16H24N2/c1-2-15-7-5-11-18(15)16-8-4-3-6-13(16)12-17-14-9-10-14/h3-4,6,8,14-15,17H,2,5,7,9-12H2,1H3. The maximum atomic E-state index is 3.64. The van der Waals surface area contributed by atoms with E-state index in [0.29, 0.717) is 0 Å². The first-order valence-electron chi connectivity index (χ1n) is 7.46. The van der Waals surface area contributed by atoms with Crippen molar-refractivity contribution in [3.8, 4) is 0 Å². The molecule has 0 spiro atoms. The lowest BCUT2D eigenvalue weighted by molar-refractivity contribution is 0.637. The average molecular weight is 244 g/mol. The third-order valence-electron chi connectivity index (χ3n) is 4.31. The molecule has 2 heteroatoms. The van der Waals surface area contributed by atoms with Crippen molar-refractivity contribution in [1.82, 2.24) is 5.32 Å². The van der Waals surface area contributed by atoms with E-state index in [1.165, 1.54) is 49.9 Å². The first-order valence-corrected chi connectivity index (χ1v) is 7.46. The van der Waals surface area contributed by atoms with Crippen LogP contribution in [0.1, 0.15) is 44.6 Å². The molecule has 3 rings (SSSR count). The third kappa shape index (κ3) is 2.54. The summed E-state index contributed by atoms with van der Waals surface area (Å²) in [5.74, 6) is 0. The Morgan fingerprint density at radius 2 is 2.06 bits per heavy atom. The Kier molecular flexibility index (Phi) is 3.55. The Hall–Kier alpha value is -1.02. The van der Waals surface area contributed by atoms with Gasteiger partial charge in [0.25, 0.3) is 0 Å². The fraction of sp³-hybridized carbons (Fsp3) is 0.625. The van der Waals surface area contributed by atoms with Crippen molar-refractivity contribution in [3.63, 3.8) is 0 Å². The average Bonchev–Trinajstić information content (AvgIpc) is 3.12. The summed E-state index contributed by atoms with van der Waals surface area (Å²) in [6, 6.07) is 10.5. The van der Waals surface area contributed by atoms with Gasteiger partial charge in [0.2, 0.25) is 0 Å². The number of anilines is 1. The number of benzene rings is 1. The molecule has 1 unspecified atom stereocenters. The van der Waals surface area contributed by atoms with Crippen molar-refractivity contribution in [2.45, 2.75) is 57.7 Å². The van der Waals surface area contributed by atoms with Gasteiger partial charge in [-0.3, -0.25) is 0 Å². The zero-order valence-electron chi connectivity index (χ0n) is 11.4. The lowest BCUT2D eigenvalue weighted by atomic mass is 10.1. The molecular formula is C16H24N2. The quantitative estimate of drug-likeness (QED) is 0.855. The lowest BCUT2D eigenvalue weighted by Crippen LogP contribution is -2.30. The van der Waals surface area contributed by atoms with E-state index in [-0.39, 0.29) is 0 Å². The van der Waals surface area contributed by atoms with Crippen molar-refractivity contribution in [2.24, 2.45) is 0 Å². The van der Waals surface area contributed by atoms with Crippen LogP contribution < -0.4 is 10.2 Å². The highest BCUT2D eigenvalue weighted by atomic mass is 15.2. The molecule has 98 valence electrons. The van der Waals surface area contributed by atoms with E-state index in [9.17, 15) is 0 Å². The van der Waals surface area contributed by atoms with Crippen LogP contribution in [0.4, 0.5) is 5.69 Å². The van der Waals surface area contributed by atoms with Gasteiger partial charge in [-0.2, -0.15) is 0 Å². The van der Waals surface area contributed by atoms with Gasteiger partial charge in [0.15, 0.2) is 0 Å². The molecule has 0 amide bonds. The SMILES string of the molecule is CCC1CCCN1c1ccccc1CNC1CC1. The van der Waals surface area contributed by atoms with E-state index in [1.807, 2.05) is 0 Å². The fourth-order valence-electron chi connectivity index (χ4n) is 3.06. The number of hydrogen-bond acceptors (Lipinski definition) is 2. The minimum absolute atomic E-state index is 0.757. The zero-order valence-corrected chi connectivity index (χ0v) is 11.4. The highest BCUT2D eigenvalue weighted by molar-refractivity contribution is 5.55. The molecule has 0 radical (unpaired) electrons. The summed E-state index contributed by atoms with van der Waals surface area (Å²) in [4.78, 5) is 2.63. The summed E-state index contributed by atoms with van der Waals surface area (Å²) in [7, 11) is 0. The number of para-hydroxylation sites is 1. The number of nitrogens with zero attached hydrogens (tertiary/aromatic N) is 1. The van der Waals surface area contributed by atoms with Gasteiger partial charge in [-0.1, -0.05) is 25.1 Å². The van der Waals surface area contributed by atoms with Crippen molar-refractivity contribution in [1.29, 1.82) is 0 Å². The Morgan fingerprint density at radius 1 is 1.22 bits per heavy atom. The monoisotopic (exact) mass is 244 g/mol. The molecule has 18 heavy (non-hydrogen) atoms. The summed E-state index contributed by atoms with van der Waals surface area (Å²) in [6.45, 7) is 4.58. The van der Waals surface area contributed by atoms with E-state index in [4.69, 9.17) is 0 Å². The number of rotatable bonds is 5. The lowest BCUT2D eigenvalue weighted by Gasteiger charge is -2.28. The van der Waals surface area contributed by atoms with Crippen LogP contribution in [0.25, 0.3) is 0 Å². The molecule has 1 atom stereocenters. The maximum Gasteiger partial charge on any atom is 0.0414 e. The summed E-state index contributed by atoms with van der Waals surface area (Å²) < 4.78 is 0. The number of hydrogen-bond donors (Lipinski definition) is 1. The van der Waals surface area contributed by atoms with Crippen LogP contribution in [-0.4, -0.2) is 18.6 Å². The smallest absolute Gasteiger partial charge is 0.0414 e. The van der Waals surface area contributed by atoms with Gasteiger partial charge in [-0.15, -0.1) is 0 Å². The Bertz CT molecular complexity index is 398. The van der Waals surface area contributed by atoms with Crippen LogP contribution >= 0.6 is 0 Å². The second-order valence-electron chi connectivity index (χ2n) is 5.68. The molecule has 1 aliphatic heterocycles. The minimum Gasteiger partial charge on any atom is -0.368 e. The van der Waals surface area contributed by atoms with Crippen LogP contribution in [0.2, 0.25) is 0 Å². The van der Waals surface area contributed by atoms with E-state index in [0.717, 1.165) is 18.6 Å². The van der Waals surface area contributed by atoms with E-state index in [2.05, 4.69) is 41.4 Å². The van der Waals surface area contributed by atoms with E-state index >= 15 is 0 Å². The second-order valence-corrected chi connectivity index (χ2v) is 5.68. The van der Waals surface area contributed by atoms with Gasteiger partial charge in [-0.25, -0.2) is 0 Å². The Balaban J connectivity index is 1.76. The Morgan fingerprint density at radius 3 is 2.83 bits per heavy atom. The fourth-order valence-corrected chi connectivity index (χ4v) is 3.06. The molecule has 1 aliphatic carbocycles. The second kappa shape index (κ2) is 5.31. The van der Waals surface area contributed by atoms with E-state index in [1.54, 1.807) is 0 Å². The number of nitrogens with one attached hydrogen (secondary N) is 1. The van der Waals surface area contributed by atoms with Crippen molar-refractivity contribution in [2.75, 3.05) is 11.4 Å². The van der Waals surface area contributed by atoms with Crippen molar-refractivity contribution >= 4 is 5.69 Å². The van der Waals surface area contributed by atoms with Crippen molar-refractivity contribution in [3.05, 3.63) is 29.8 Å². The molecule has 1 saturated carbocycles. The summed E-state index contributed by atoms with van der Waals surface area (Å²) in [5, 5.41) is 3.64. The third-order valence-corrected chi connectivity index (χ3v) is 4.31. The van der Waals surface area contributed by atoms with Crippen molar-refractivity contribution < 1.29 is 0 Å². The molecule has 1 aromatic carbocycles. The molecule has 1 N–H and O–H groups in total. The van der Waals surface area contributed by atoms with Crippen LogP contribution in [0.3, 0.4) is 0 Å². The van der Waals surface area contributed by atoms with Crippen LogP contribution in [-0.2, 0) is 6.54 Å². The molecule has 2 nitrogen and oxygen atoms in total. The first-order chi connectivity index (χ1) is 8.88. The topological polar surface area (TPSA) is 15.3 Å². The summed E-state index contributed by atoms with van der Waals surface area (Å²) in [5.41, 5.74) is 2.94. The molecule has 2 fully saturated rings. The van der Waals surface area contributed by atoms with Crippen LogP contribution in [0.15, 0.2) is 24.3 Å². The predicted octanol–water partition coefficient (Wildman–Crippen LogP) is 3.32. The zero-order chi connectivity index (χ0) is 12.4. The highest BCUT2D eigenvalue weighted by Gasteiger charge is 2.25. The summed E-state index contributed by atoms with van der Waals surface area (Å²) in [6.07, 6.45) is 6.71. The molecule has 0 aromatic heterocycles. The van der Waals surface area contributed by atoms with Gasteiger partial charge < -0.3 is 10.2 Å². The normalized spacial score (nSPS) is 23.6. The van der Waals surface area contributed by atoms with Gasteiger partial charge in [0, 0.05) is 30.9 Å². The highest BCUT2D eigenvalue weighted by Crippen LogP contribution is 2.30. The summed E-state index contributed by atoms with van der Waals surface area (Å²) >= 11 is 0. The first kappa shape index (κ1) is 12.0. The van der Waals surface area contributed by atoms with Crippen LogP contribution in [0.5, 0.6) is 0 Å². The van der Waals surface area contributed by atoms with Gasteiger partial charge in [-0.05, 0) is 43.7 Å². The molecule has 1 saturated heterocycles. The van der Waals surface area contributed by atoms with Crippen LogP contribution in [0, 0.1) is 0 Å². The molecule has 2 aliphatic rings. The van der Waals surface area contributed by atoms with Gasteiger partial charge in [0.1, 0.15) is 0 Å². The largest absolute Gasteiger partial charge is 0.368 e. The Labute approximate surface area is 110 Å². The van der Waals surface area contributed by atoms with Gasteiger partial charge in [0.05, 0.1) is 0 Å². The van der Waals surface area contributed by atoms with E-state index < -0.39 is 0 Å². The molecule has 1 aromatic rings. The molecule has 1 heterocycles. The van der Waals surface area contributed by atoms with Gasteiger partial charge >= 0.3 is 0 Å². The maximum absolute atomic E-state index is 3.64. The molecular weight excluding hydrogens is 220 g/mol.